The molecule has 4 aromatic rings. The molecule has 4 nitrogen and oxygen atoms in total. The molecule has 29 heavy (non-hydrogen) atoms. The third-order valence-corrected chi connectivity index (χ3v) is 6.21. The highest BCUT2D eigenvalue weighted by Gasteiger charge is 2.21. The van der Waals surface area contributed by atoms with Gasteiger partial charge in [0.25, 0.3) is 0 Å². The zero-order valence-electron chi connectivity index (χ0n) is 16.6. The maximum absolute atomic E-state index is 12.6. The fourth-order valence-corrected chi connectivity index (χ4v) is 4.36. The third-order valence-electron chi connectivity index (χ3n) is 5.22. The van der Waals surface area contributed by atoms with Crippen molar-refractivity contribution < 1.29 is 4.79 Å². The summed E-state index contributed by atoms with van der Waals surface area (Å²) in [6, 6.07) is 20.1. The Hall–Kier alpha value is -2.89. The Bertz CT molecular complexity index is 1080. The molecule has 2 atom stereocenters. The maximum Gasteiger partial charge on any atom is 0.241 e. The van der Waals surface area contributed by atoms with Gasteiger partial charge in [0.05, 0.1) is 6.04 Å². The maximum atomic E-state index is 12.6. The number of fused-ring (bicyclic) bond motifs is 1. The normalized spacial score (nSPS) is 13.3. The van der Waals surface area contributed by atoms with Crippen molar-refractivity contribution in [1.82, 2.24) is 10.3 Å². The van der Waals surface area contributed by atoms with Crippen LogP contribution in [0.1, 0.15) is 28.8 Å². The number of hydrogen-bond acceptors (Lipinski definition) is 3. The van der Waals surface area contributed by atoms with E-state index in [0.29, 0.717) is 6.54 Å². The zero-order valence-corrected chi connectivity index (χ0v) is 17.4. The highest BCUT2D eigenvalue weighted by molar-refractivity contribution is 7.10. The quantitative estimate of drug-likeness (QED) is 0.393. The van der Waals surface area contributed by atoms with Gasteiger partial charge in [-0.05, 0) is 49.1 Å². The van der Waals surface area contributed by atoms with Gasteiger partial charge in [-0.1, -0.05) is 42.0 Å². The second-order valence-electron chi connectivity index (χ2n) is 7.34. The van der Waals surface area contributed by atoms with Gasteiger partial charge < -0.3 is 15.6 Å². The number of thiophene rings is 1. The van der Waals surface area contributed by atoms with Crippen molar-refractivity contribution in [2.45, 2.75) is 25.8 Å². The molecule has 5 heteroatoms. The van der Waals surface area contributed by atoms with Crippen LogP contribution in [0.2, 0.25) is 0 Å². The SMILES string of the molecule is Cc1ccc(NC(=O)[C@H](C)NC[C@@H](c2cccs2)c2c[nH]c3ccccc23)cc1. The molecule has 0 aliphatic heterocycles. The first kappa shape index (κ1) is 19.4. The van der Waals surface area contributed by atoms with Crippen LogP contribution in [0.4, 0.5) is 5.69 Å². The topological polar surface area (TPSA) is 56.9 Å². The minimum atomic E-state index is -0.302. The van der Waals surface area contributed by atoms with Crippen LogP contribution in [0, 0.1) is 6.92 Å². The first-order valence-electron chi connectivity index (χ1n) is 9.82. The van der Waals surface area contributed by atoms with Crippen LogP contribution >= 0.6 is 11.3 Å². The minimum Gasteiger partial charge on any atom is -0.361 e. The molecule has 0 saturated heterocycles. The Balaban J connectivity index is 1.48. The monoisotopic (exact) mass is 403 g/mol. The van der Waals surface area contributed by atoms with Crippen molar-refractivity contribution in [2.75, 3.05) is 11.9 Å². The minimum absolute atomic E-state index is 0.0299. The summed E-state index contributed by atoms with van der Waals surface area (Å²) in [4.78, 5) is 17.3. The van der Waals surface area contributed by atoms with Crippen molar-refractivity contribution in [3.63, 3.8) is 0 Å². The first-order valence-corrected chi connectivity index (χ1v) is 10.7. The Kier molecular flexibility index (Phi) is 5.79. The van der Waals surface area contributed by atoms with Crippen LogP contribution in [0.25, 0.3) is 10.9 Å². The molecule has 0 unspecified atom stereocenters. The lowest BCUT2D eigenvalue weighted by molar-refractivity contribution is -0.117. The summed E-state index contributed by atoms with van der Waals surface area (Å²) in [6.07, 6.45) is 2.09. The van der Waals surface area contributed by atoms with Crippen LogP contribution in [0.15, 0.2) is 72.2 Å². The van der Waals surface area contributed by atoms with Gasteiger partial charge >= 0.3 is 0 Å². The van der Waals surface area contributed by atoms with Crippen LogP contribution in [0.3, 0.4) is 0 Å². The number of aryl methyl sites for hydroxylation is 1. The standard InChI is InChI=1S/C24H25N3OS/c1-16-9-11-18(12-10-16)27-24(28)17(2)25-15-21(23-8-5-13-29-23)20-14-26-22-7-4-3-6-19(20)22/h3-14,17,21,25-26H,15H2,1-2H3,(H,27,28)/t17-,21+/m0/s1. The van der Waals surface area contributed by atoms with E-state index in [1.54, 1.807) is 11.3 Å². The van der Waals surface area contributed by atoms with Crippen molar-refractivity contribution in [3.05, 3.63) is 88.2 Å². The molecule has 2 aromatic carbocycles. The number of hydrogen-bond donors (Lipinski definition) is 3. The van der Waals surface area contributed by atoms with E-state index in [0.717, 1.165) is 11.2 Å². The van der Waals surface area contributed by atoms with Crippen LogP contribution in [-0.4, -0.2) is 23.5 Å². The third kappa shape index (κ3) is 4.42. The van der Waals surface area contributed by atoms with E-state index in [-0.39, 0.29) is 17.9 Å². The van der Waals surface area contributed by atoms with E-state index in [9.17, 15) is 4.79 Å². The number of aromatic nitrogens is 1. The predicted octanol–water partition coefficient (Wildman–Crippen LogP) is 5.29. The van der Waals surface area contributed by atoms with Gasteiger partial charge in [0.1, 0.15) is 0 Å². The molecule has 0 spiro atoms. The lowest BCUT2D eigenvalue weighted by Gasteiger charge is -2.20. The van der Waals surface area contributed by atoms with E-state index >= 15 is 0 Å². The molecule has 4 rings (SSSR count). The number of rotatable bonds is 7. The van der Waals surface area contributed by atoms with E-state index in [1.165, 1.54) is 21.4 Å². The van der Waals surface area contributed by atoms with Crippen molar-refractivity contribution >= 4 is 33.8 Å². The van der Waals surface area contributed by atoms with E-state index in [2.05, 4.69) is 57.5 Å². The van der Waals surface area contributed by atoms with Gasteiger partial charge in [-0.3, -0.25) is 4.79 Å². The van der Waals surface area contributed by atoms with Crippen LogP contribution < -0.4 is 10.6 Å². The number of carbonyl (C=O) groups excluding carboxylic acids is 1. The van der Waals surface area contributed by atoms with Crippen LogP contribution in [-0.2, 0) is 4.79 Å². The Morgan fingerprint density at radius 1 is 1.07 bits per heavy atom. The van der Waals surface area contributed by atoms with Crippen molar-refractivity contribution in [1.29, 1.82) is 0 Å². The molecular weight excluding hydrogens is 378 g/mol. The molecular formula is C24H25N3OS. The van der Waals surface area contributed by atoms with Crippen molar-refractivity contribution in [2.24, 2.45) is 0 Å². The van der Waals surface area contributed by atoms with Gasteiger partial charge in [0.15, 0.2) is 0 Å². The highest BCUT2D eigenvalue weighted by Crippen LogP contribution is 2.32. The van der Waals surface area contributed by atoms with E-state index in [1.807, 2.05) is 44.2 Å². The average molecular weight is 404 g/mol. The number of aromatic amines is 1. The summed E-state index contributed by atoms with van der Waals surface area (Å²) in [7, 11) is 0. The van der Waals surface area contributed by atoms with Gasteiger partial charge in [-0.25, -0.2) is 0 Å². The summed E-state index contributed by atoms with van der Waals surface area (Å²) in [5, 5.41) is 9.75. The number of anilines is 1. The molecule has 2 aromatic heterocycles. The van der Waals surface area contributed by atoms with Gasteiger partial charge in [-0.2, -0.15) is 0 Å². The van der Waals surface area contributed by atoms with Crippen LogP contribution in [0.5, 0.6) is 0 Å². The fraction of sp³-hybridized carbons (Fsp3) is 0.208. The second kappa shape index (κ2) is 8.64. The molecule has 148 valence electrons. The largest absolute Gasteiger partial charge is 0.361 e. The number of para-hydroxylation sites is 1. The molecule has 0 bridgehead atoms. The number of H-pyrrole nitrogens is 1. The lowest BCUT2D eigenvalue weighted by Crippen LogP contribution is -2.40. The molecule has 1 amide bonds. The summed E-state index contributed by atoms with van der Waals surface area (Å²) in [6.45, 7) is 4.63. The summed E-state index contributed by atoms with van der Waals surface area (Å²) >= 11 is 1.75. The fourth-order valence-electron chi connectivity index (χ4n) is 3.51. The predicted molar refractivity (Wildman–Crippen MR) is 122 cm³/mol. The first-order chi connectivity index (χ1) is 14.1. The molecule has 2 heterocycles. The second-order valence-corrected chi connectivity index (χ2v) is 8.32. The number of carbonyl (C=O) groups is 1. The summed E-state index contributed by atoms with van der Waals surface area (Å²) in [5.74, 6) is 0.151. The zero-order chi connectivity index (χ0) is 20.2. The molecule has 0 saturated carbocycles. The molecule has 3 N–H and O–H groups in total. The van der Waals surface area contributed by atoms with Crippen molar-refractivity contribution in [3.8, 4) is 0 Å². The van der Waals surface area contributed by atoms with Gasteiger partial charge in [0, 0.05) is 40.1 Å². The number of benzene rings is 2. The van der Waals surface area contributed by atoms with E-state index < -0.39 is 0 Å². The highest BCUT2D eigenvalue weighted by atomic mass is 32.1. The Labute approximate surface area is 175 Å². The molecule has 0 radical (unpaired) electrons. The van der Waals surface area contributed by atoms with Gasteiger partial charge in [-0.15, -0.1) is 11.3 Å². The van der Waals surface area contributed by atoms with Gasteiger partial charge in [0.2, 0.25) is 5.91 Å². The summed E-state index contributed by atoms with van der Waals surface area (Å²) in [5.41, 5.74) is 4.38. The molecule has 0 fully saturated rings. The average Bonchev–Trinajstić information content (AvgIpc) is 3.40. The molecule has 0 aliphatic carbocycles. The summed E-state index contributed by atoms with van der Waals surface area (Å²) < 4.78 is 0. The smallest absolute Gasteiger partial charge is 0.241 e. The number of amides is 1. The number of nitrogens with one attached hydrogen (secondary N) is 3. The Morgan fingerprint density at radius 3 is 2.62 bits per heavy atom. The van der Waals surface area contributed by atoms with E-state index in [4.69, 9.17) is 0 Å². The molecule has 0 aliphatic rings. The Morgan fingerprint density at radius 2 is 1.86 bits per heavy atom. The lowest BCUT2D eigenvalue weighted by atomic mass is 9.96.